The van der Waals surface area contributed by atoms with E-state index in [1.54, 1.807) is 18.2 Å². The molecule has 4 aromatic rings. The summed E-state index contributed by atoms with van der Waals surface area (Å²) in [5, 5.41) is 6.73. The van der Waals surface area contributed by atoms with E-state index in [4.69, 9.17) is 9.47 Å². The lowest BCUT2D eigenvalue weighted by Gasteiger charge is -2.23. The zero-order valence-electron chi connectivity index (χ0n) is 23.8. The van der Waals surface area contributed by atoms with Gasteiger partial charge in [0.1, 0.15) is 23.6 Å². The Morgan fingerprint density at radius 3 is 2.47 bits per heavy atom. The van der Waals surface area contributed by atoms with Crippen LogP contribution in [0.15, 0.2) is 72.0 Å². The third kappa shape index (κ3) is 7.24. The summed E-state index contributed by atoms with van der Waals surface area (Å²) < 4.78 is 68.2. The Balaban J connectivity index is 1.32. The number of aliphatic imine (C=N–C) groups is 1. The molecule has 16 heteroatoms. The molecular formula is C29H24F4N6O5S. The maximum Gasteiger partial charge on any atom is 0.573 e. The molecule has 1 saturated heterocycles. The van der Waals surface area contributed by atoms with Gasteiger partial charge in [-0.1, -0.05) is 17.8 Å². The van der Waals surface area contributed by atoms with Crippen LogP contribution >= 0.6 is 11.8 Å². The molecule has 1 aliphatic rings. The molecule has 3 aromatic carbocycles. The number of thioether (sulfide) groups is 1. The first-order valence-electron chi connectivity index (χ1n) is 13.1. The Labute approximate surface area is 257 Å². The van der Waals surface area contributed by atoms with Crippen molar-refractivity contribution in [2.45, 2.75) is 19.4 Å². The lowest BCUT2D eigenvalue weighted by molar-refractivity contribution is -0.274. The largest absolute Gasteiger partial charge is 0.573 e. The number of anilines is 2. The first-order chi connectivity index (χ1) is 21.5. The smallest absolute Gasteiger partial charge is 0.497 e. The van der Waals surface area contributed by atoms with Gasteiger partial charge in [-0.3, -0.25) is 9.69 Å². The van der Waals surface area contributed by atoms with Crippen LogP contribution in [0.3, 0.4) is 0 Å². The van der Waals surface area contributed by atoms with Gasteiger partial charge in [0.15, 0.2) is 11.0 Å². The quantitative estimate of drug-likeness (QED) is 0.220. The van der Waals surface area contributed by atoms with Gasteiger partial charge in [-0.05, 0) is 55.5 Å². The molecule has 0 spiro atoms. The highest BCUT2D eigenvalue weighted by Gasteiger charge is 2.33. The van der Waals surface area contributed by atoms with Gasteiger partial charge in [-0.15, -0.1) is 18.3 Å². The Hall–Kier alpha value is -4.96. The minimum absolute atomic E-state index is 0.0400. The zero-order chi connectivity index (χ0) is 32.3. The van der Waals surface area contributed by atoms with Crippen molar-refractivity contribution in [2.75, 3.05) is 30.2 Å². The first kappa shape index (κ1) is 31.5. The average Bonchev–Trinajstić information content (AvgIpc) is 3.64. The molecule has 45 heavy (non-hydrogen) atoms. The third-order valence-corrected chi connectivity index (χ3v) is 7.45. The number of methoxy groups -OCH3 is 2. The van der Waals surface area contributed by atoms with Gasteiger partial charge in [0.05, 0.1) is 36.0 Å². The van der Waals surface area contributed by atoms with Crippen molar-refractivity contribution >= 4 is 40.2 Å². The van der Waals surface area contributed by atoms with Gasteiger partial charge in [-0.2, -0.15) is 4.99 Å². The van der Waals surface area contributed by atoms with Crippen molar-refractivity contribution < 1.29 is 41.4 Å². The van der Waals surface area contributed by atoms with Crippen LogP contribution in [0.5, 0.6) is 11.5 Å². The molecule has 0 aliphatic carbocycles. The fourth-order valence-electron chi connectivity index (χ4n) is 4.30. The Morgan fingerprint density at radius 2 is 1.80 bits per heavy atom. The summed E-state index contributed by atoms with van der Waals surface area (Å²) in [4.78, 5) is 35.2. The zero-order valence-corrected chi connectivity index (χ0v) is 24.6. The van der Waals surface area contributed by atoms with Crippen LogP contribution in [-0.2, 0) is 9.53 Å². The van der Waals surface area contributed by atoms with Crippen LogP contribution in [0.2, 0.25) is 0 Å². The maximum absolute atomic E-state index is 15.1. The van der Waals surface area contributed by atoms with E-state index in [1.165, 1.54) is 54.4 Å². The molecule has 0 bridgehead atoms. The second kappa shape index (κ2) is 13.0. The summed E-state index contributed by atoms with van der Waals surface area (Å²) in [5.41, 5.74) is 1.60. The van der Waals surface area contributed by atoms with E-state index < -0.39 is 24.0 Å². The topological polar surface area (TPSA) is 120 Å². The van der Waals surface area contributed by atoms with Crippen LogP contribution in [0.25, 0.3) is 17.1 Å². The minimum atomic E-state index is -4.82. The third-order valence-electron chi connectivity index (χ3n) is 6.53. The SMILES string of the molecule is COc1ccc(C(C)OC)c(N2C(=O)CSC2=NC(=O)Nc2ccc(-c3ncn(-c4ccc(OC(F)(F)F)cc4)n3)cc2F)c1. The predicted octanol–water partition coefficient (Wildman–Crippen LogP) is 6.36. The molecule has 1 atom stereocenters. The van der Waals surface area contributed by atoms with E-state index in [-0.39, 0.29) is 40.0 Å². The standard InChI is InChI=1S/C29H24F4N6O5S/c1-16(42-2)21-10-9-20(43-3)13-24(21)39-25(40)14-45-28(39)36-27(41)35-23-11-4-17(12-22(23)30)26-34-15-38(37-26)18-5-7-19(8-6-18)44-29(31,32)33/h4-13,15-16H,14H2,1-3H3,(H,35,41). The average molecular weight is 645 g/mol. The molecule has 234 valence electrons. The van der Waals surface area contributed by atoms with Crippen molar-refractivity contribution in [3.8, 4) is 28.6 Å². The van der Waals surface area contributed by atoms with E-state index in [0.717, 1.165) is 30.0 Å². The molecule has 0 saturated carbocycles. The number of nitrogens with zero attached hydrogens (tertiary/aromatic N) is 5. The highest BCUT2D eigenvalue weighted by molar-refractivity contribution is 8.15. The fourth-order valence-corrected chi connectivity index (χ4v) is 5.16. The van der Waals surface area contributed by atoms with Crippen molar-refractivity contribution in [1.29, 1.82) is 0 Å². The molecule has 1 unspecified atom stereocenters. The number of alkyl halides is 3. The van der Waals surface area contributed by atoms with Crippen LogP contribution in [-0.4, -0.2) is 58.2 Å². The number of carbonyl (C=O) groups is 2. The molecule has 0 radical (unpaired) electrons. The lowest BCUT2D eigenvalue weighted by Crippen LogP contribution is -2.31. The Morgan fingerprint density at radius 1 is 1.07 bits per heavy atom. The molecule has 5 rings (SSSR count). The van der Waals surface area contributed by atoms with E-state index in [2.05, 4.69) is 25.1 Å². The molecule has 1 aromatic heterocycles. The van der Waals surface area contributed by atoms with Crippen LogP contribution in [0, 0.1) is 5.82 Å². The normalized spacial score (nSPS) is 15.0. The number of rotatable bonds is 8. The van der Waals surface area contributed by atoms with Gasteiger partial charge in [0, 0.05) is 24.3 Å². The van der Waals surface area contributed by atoms with Crippen molar-refractivity contribution in [3.63, 3.8) is 0 Å². The minimum Gasteiger partial charge on any atom is -0.497 e. The van der Waals surface area contributed by atoms with Crippen LogP contribution in [0.1, 0.15) is 18.6 Å². The van der Waals surface area contributed by atoms with E-state index in [1.807, 2.05) is 6.92 Å². The van der Waals surface area contributed by atoms with Crippen LogP contribution in [0.4, 0.5) is 33.7 Å². The number of benzene rings is 3. The summed E-state index contributed by atoms with van der Waals surface area (Å²) in [5.74, 6) is -0.857. The number of amidine groups is 1. The highest BCUT2D eigenvalue weighted by Crippen LogP contribution is 2.36. The number of nitrogens with one attached hydrogen (secondary N) is 1. The molecule has 1 aliphatic heterocycles. The van der Waals surface area contributed by atoms with Crippen LogP contribution < -0.4 is 19.7 Å². The van der Waals surface area contributed by atoms with Gasteiger partial charge in [0.2, 0.25) is 5.91 Å². The fraction of sp³-hybridized carbons (Fsp3) is 0.207. The number of ether oxygens (including phenoxy) is 3. The number of halogens is 4. The number of aromatic nitrogens is 3. The van der Waals surface area contributed by atoms with Gasteiger partial charge in [-0.25, -0.2) is 18.9 Å². The summed E-state index contributed by atoms with van der Waals surface area (Å²) >= 11 is 1.06. The molecule has 2 heterocycles. The maximum atomic E-state index is 15.1. The van der Waals surface area contributed by atoms with Crippen molar-refractivity contribution in [1.82, 2.24) is 14.8 Å². The lowest BCUT2D eigenvalue weighted by atomic mass is 10.1. The van der Waals surface area contributed by atoms with E-state index in [9.17, 15) is 22.8 Å². The Bertz CT molecular complexity index is 1760. The van der Waals surface area contributed by atoms with Gasteiger partial charge in [0.25, 0.3) is 0 Å². The summed E-state index contributed by atoms with van der Waals surface area (Å²) in [6.45, 7) is 1.81. The monoisotopic (exact) mass is 644 g/mol. The highest BCUT2D eigenvalue weighted by atomic mass is 32.2. The number of urea groups is 1. The summed E-state index contributed by atoms with van der Waals surface area (Å²) in [6.07, 6.45) is -3.89. The molecule has 11 nitrogen and oxygen atoms in total. The molecular weight excluding hydrogens is 620 g/mol. The van der Waals surface area contributed by atoms with Gasteiger partial charge >= 0.3 is 12.4 Å². The second-order valence-electron chi connectivity index (χ2n) is 9.39. The van der Waals surface area contributed by atoms with Crippen molar-refractivity contribution in [2.24, 2.45) is 4.99 Å². The second-order valence-corrected chi connectivity index (χ2v) is 10.3. The number of hydrogen-bond donors (Lipinski definition) is 1. The van der Waals surface area contributed by atoms with E-state index >= 15 is 4.39 Å². The van der Waals surface area contributed by atoms with Crippen molar-refractivity contribution in [3.05, 3.63) is 78.4 Å². The van der Waals surface area contributed by atoms with E-state index in [0.29, 0.717) is 22.7 Å². The number of hydrogen-bond acceptors (Lipinski definition) is 8. The summed E-state index contributed by atoms with van der Waals surface area (Å²) in [6, 6.07) is 13.1. The summed E-state index contributed by atoms with van der Waals surface area (Å²) in [7, 11) is 3.02. The molecule has 3 amide bonds. The Kier molecular flexibility index (Phi) is 9.06. The number of carbonyl (C=O) groups excluding carboxylic acids is 2. The first-order valence-corrected chi connectivity index (χ1v) is 14.1. The predicted molar refractivity (Wildman–Crippen MR) is 158 cm³/mol. The molecule has 1 N–H and O–H groups in total. The van der Waals surface area contributed by atoms with Gasteiger partial charge < -0.3 is 19.5 Å². The molecule has 1 fully saturated rings. The number of amides is 3.